The van der Waals surface area contributed by atoms with E-state index in [1.807, 2.05) is 19.1 Å². The molecule has 3 heteroatoms. The minimum Gasteiger partial charge on any atom is -0.490 e. The predicted octanol–water partition coefficient (Wildman–Crippen LogP) is 6.98. The second-order valence-electron chi connectivity index (χ2n) is 7.70. The number of hydrogen-bond acceptors (Lipinski definition) is 3. The molecule has 2 aromatic carbocycles. The average molecular weight is 397 g/mol. The topological polar surface area (TPSA) is 35.5 Å². The van der Waals surface area contributed by atoms with Crippen LogP contribution in [-0.2, 0) is 16.0 Å². The van der Waals surface area contributed by atoms with Gasteiger partial charge < -0.3 is 9.47 Å². The quantitative estimate of drug-likeness (QED) is 0.271. The van der Waals surface area contributed by atoms with E-state index in [0.29, 0.717) is 13.0 Å². The maximum Gasteiger partial charge on any atom is 0.305 e. The Kier molecular flexibility index (Phi) is 10.3. The van der Waals surface area contributed by atoms with Crippen LogP contribution in [0, 0.1) is 0 Å². The highest BCUT2D eigenvalue weighted by Gasteiger charge is 2.08. The second kappa shape index (κ2) is 13.0. The number of hydrogen-bond donors (Lipinski definition) is 0. The van der Waals surface area contributed by atoms with Crippen molar-refractivity contribution in [2.75, 3.05) is 6.61 Å². The fourth-order valence-corrected chi connectivity index (χ4v) is 3.27. The zero-order valence-electron chi connectivity index (χ0n) is 18.3. The molecule has 2 rings (SSSR count). The molecule has 0 aliphatic rings. The van der Waals surface area contributed by atoms with Crippen molar-refractivity contribution in [1.29, 1.82) is 0 Å². The molecule has 0 saturated heterocycles. The zero-order valence-corrected chi connectivity index (χ0v) is 18.3. The zero-order chi connectivity index (χ0) is 20.9. The lowest BCUT2D eigenvalue weighted by atomic mass is 10.0. The monoisotopic (exact) mass is 396 g/mol. The number of carbonyl (C=O) groups is 1. The maximum absolute atomic E-state index is 11.3. The van der Waals surface area contributed by atoms with Gasteiger partial charge in [-0.25, -0.2) is 0 Å². The highest BCUT2D eigenvalue weighted by atomic mass is 16.6. The van der Waals surface area contributed by atoms with E-state index in [0.717, 1.165) is 5.75 Å². The van der Waals surface area contributed by atoms with E-state index in [1.54, 1.807) is 6.92 Å². The van der Waals surface area contributed by atoms with Gasteiger partial charge in [-0.05, 0) is 48.6 Å². The molecule has 3 nitrogen and oxygen atoms in total. The van der Waals surface area contributed by atoms with Gasteiger partial charge in [-0.3, -0.25) is 4.79 Å². The Labute approximate surface area is 176 Å². The standard InChI is InChI=1S/C26H36O3/c1-4-6-7-8-9-10-11-22-12-14-23(15-13-22)24-16-18-25(19-17-24)28-20-21(3)29-26(27)5-2/h12-19,21H,4-11,20H2,1-3H3. The number of unbranched alkanes of at least 4 members (excludes halogenated alkanes) is 5. The molecule has 158 valence electrons. The van der Waals surface area contributed by atoms with E-state index in [1.165, 1.54) is 61.6 Å². The van der Waals surface area contributed by atoms with Crippen LogP contribution in [0.3, 0.4) is 0 Å². The van der Waals surface area contributed by atoms with Crippen LogP contribution in [0.2, 0.25) is 0 Å². The van der Waals surface area contributed by atoms with Crippen molar-refractivity contribution in [2.45, 2.75) is 78.2 Å². The summed E-state index contributed by atoms with van der Waals surface area (Å²) in [5, 5.41) is 0. The van der Waals surface area contributed by atoms with Crippen LogP contribution in [0.1, 0.15) is 71.3 Å². The molecule has 0 radical (unpaired) electrons. The Balaban J connectivity index is 1.78. The molecule has 2 aromatic rings. The number of benzene rings is 2. The predicted molar refractivity (Wildman–Crippen MR) is 120 cm³/mol. The molecule has 0 N–H and O–H groups in total. The summed E-state index contributed by atoms with van der Waals surface area (Å²) in [4.78, 5) is 11.3. The fraction of sp³-hybridized carbons (Fsp3) is 0.500. The van der Waals surface area contributed by atoms with Crippen LogP contribution in [-0.4, -0.2) is 18.7 Å². The summed E-state index contributed by atoms with van der Waals surface area (Å²) in [6.45, 7) is 6.25. The second-order valence-corrected chi connectivity index (χ2v) is 7.70. The van der Waals surface area contributed by atoms with Crippen molar-refractivity contribution in [2.24, 2.45) is 0 Å². The summed E-state index contributed by atoms with van der Waals surface area (Å²) < 4.78 is 10.9. The smallest absolute Gasteiger partial charge is 0.305 e. The molecule has 0 saturated carbocycles. The first-order chi connectivity index (χ1) is 14.1. The summed E-state index contributed by atoms with van der Waals surface area (Å²) in [6.07, 6.45) is 9.32. The van der Waals surface area contributed by atoms with Gasteiger partial charge in [0.05, 0.1) is 0 Å². The van der Waals surface area contributed by atoms with Gasteiger partial charge >= 0.3 is 5.97 Å². The van der Waals surface area contributed by atoms with E-state index in [4.69, 9.17) is 9.47 Å². The van der Waals surface area contributed by atoms with Crippen molar-refractivity contribution < 1.29 is 14.3 Å². The molecule has 0 fully saturated rings. The number of esters is 1. The van der Waals surface area contributed by atoms with Crippen LogP contribution in [0.5, 0.6) is 5.75 Å². The van der Waals surface area contributed by atoms with E-state index < -0.39 is 0 Å². The van der Waals surface area contributed by atoms with Gasteiger partial charge in [-0.2, -0.15) is 0 Å². The summed E-state index contributed by atoms with van der Waals surface area (Å²) in [6, 6.07) is 17.0. The van der Waals surface area contributed by atoms with Gasteiger partial charge in [-0.15, -0.1) is 0 Å². The molecule has 0 aliphatic carbocycles. The molecule has 1 atom stereocenters. The third-order valence-electron chi connectivity index (χ3n) is 5.07. The summed E-state index contributed by atoms with van der Waals surface area (Å²) >= 11 is 0. The normalized spacial score (nSPS) is 11.8. The number of aryl methyl sites for hydroxylation is 1. The average Bonchev–Trinajstić information content (AvgIpc) is 2.75. The first-order valence-electron chi connectivity index (χ1n) is 11.1. The molecule has 0 aliphatic heterocycles. The summed E-state index contributed by atoms with van der Waals surface area (Å²) in [5.74, 6) is 0.587. The molecular weight excluding hydrogens is 360 g/mol. The van der Waals surface area contributed by atoms with Gasteiger partial charge in [0.25, 0.3) is 0 Å². The first kappa shape index (κ1) is 23.0. The van der Waals surface area contributed by atoms with Gasteiger partial charge in [-0.1, -0.05) is 82.3 Å². The number of ether oxygens (including phenoxy) is 2. The fourth-order valence-electron chi connectivity index (χ4n) is 3.27. The van der Waals surface area contributed by atoms with E-state index >= 15 is 0 Å². The third kappa shape index (κ3) is 8.72. The molecule has 0 amide bonds. The van der Waals surface area contributed by atoms with Crippen molar-refractivity contribution in [3.63, 3.8) is 0 Å². The highest BCUT2D eigenvalue weighted by Crippen LogP contribution is 2.23. The van der Waals surface area contributed by atoms with Crippen molar-refractivity contribution >= 4 is 5.97 Å². The molecule has 0 bridgehead atoms. The van der Waals surface area contributed by atoms with Gasteiger partial charge in [0.1, 0.15) is 18.5 Å². The lowest BCUT2D eigenvalue weighted by molar-refractivity contribution is -0.149. The van der Waals surface area contributed by atoms with Gasteiger partial charge in [0, 0.05) is 6.42 Å². The van der Waals surface area contributed by atoms with Crippen molar-refractivity contribution in [3.8, 4) is 16.9 Å². The Morgan fingerprint density at radius 1 is 0.828 bits per heavy atom. The minimum absolute atomic E-state index is 0.198. The Morgan fingerprint density at radius 3 is 2.03 bits per heavy atom. The maximum atomic E-state index is 11.3. The molecule has 0 spiro atoms. The van der Waals surface area contributed by atoms with E-state index in [2.05, 4.69) is 43.3 Å². The SMILES string of the molecule is CCCCCCCCc1ccc(-c2ccc(OCC(C)OC(=O)CC)cc2)cc1. The van der Waals surface area contributed by atoms with Crippen molar-refractivity contribution in [1.82, 2.24) is 0 Å². The van der Waals surface area contributed by atoms with Crippen LogP contribution >= 0.6 is 0 Å². The molecule has 0 heterocycles. The lowest BCUT2D eigenvalue weighted by Crippen LogP contribution is -2.21. The summed E-state index contributed by atoms with van der Waals surface area (Å²) in [7, 11) is 0. The van der Waals surface area contributed by atoms with Crippen LogP contribution in [0.15, 0.2) is 48.5 Å². The Bertz CT molecular complexity index is 704. The molecule has 1 unspecified atom stereocenters. The molecular formula is C26H36O3. The number of rotatable bonds is 13. The van der Waals surface area contributed by atoms with Gasteiger partial charge in [0.15, 0.2) is 0 Å². The largest absolute Gasteiger partial charge is 0.490 e. The van der Waals surface area contributed by atoms with E-state index in [-0.39, 0.29) is 12.1 Å². The molecule has 29 heavy (non-hydrogen) atoms. The Morgan fingerprint density at radius 2 is 1.41 bits per heavy atom. The van der Waals surface area contributed by atoms with Crippen LogP contribution in [0.4, 0.5) is 0 Å². The lowest BCUT2D eigenvalue weighted by Gasteiger charge is -2.14. The van der Waals surface area contributed by atoms with Crippen LogP contribution in [0.25, 0.3) is 11.1 Å². The van der Waals surface area contributed by atoms with Crippen LogP contribution < -0.4 is 4.74 Å². The summed E-state index contributed by atoms with van der Waals surface area (Å²) in [5.41, 5.74) is 3.81. The number of carbonyl (C=O) groups excluding carboxylic acids is 1. The highest BCUT2D eigenvalue weighted by molar-refractivity contribution is 5.69. The van der Waals surface area contributed by atoms with Crippen molar-refractivity contribution in [3.05, 3.63) is 54.1 Å². The third-order valence-corrected chi connectivity index (χ3v) is 5.07. The Hall–Kier alpha value is -2.29. The first-order valence-corrected chi connectivity index (χ1v) is 11.1. The minimum atomic E-state index is -0.249. The molecule has 0 aromatic heterocycles. The van der Waals surface area contributed by atoms with E-state index in [9.17, 15) is 4.79 Å². The van der Waals surface area contributed by atoms with Gasteiger partial charge in [0.2, 0.25) is 0 Å².